The molecule has 1 fully saturated rings. The van der Waals surface area contributed by atoms with Crippen molar-refractivity contribution >= 4 is 5.96 Å². The molecule has 1 unspecified atom stereocenters. The Kier molecular flexibility index (Phi) is 5.53. The molecule has 1 aliphatic rings. The number of hydrogen-bond donors (Lipinski definition) is 1. The Hall–Kier alpha value is -1.65. The smallest absolute Gasteiger partial charge is 0.193 e. The third-order valence-corrected chi connectivity index (χ3v) is 3.89. The summed E-state index contributed by atoms with van der Waals surface area (Å²) in [6.07, 6.45) is 2.71. The third kappa shape index (κ3) is 4.16. The van der Waals surface area contributed by atoms with Crippen molar-refractivity contribution in [3.8, 4) is 0 Å². The van der Waals surface area contributed by atoms with Crippen molar-refractivity contribution in [3.05, 3.63) is 35.4 Å². The molecule has 0 bridgehead atoms. The van der Waals surface area contributed by atoms with E-state index in [1.54, 1.807) is 7.05 Å². The fourth-order valence-corrected chi connectivity index (χ4v) is 2.78. The SMILES string of the molecule is CN=C(NCCc1c(F)cccc1F)N1CCCC(C)C1. The van der Waals surface area contributed by atoms with Gasteiger partial charge in [-0.2, -0.15) is 0 Å². The summed E-state index contributed by atoms with van der Waals surface area (Å²) in [7, 11) is 1.74. The fraction of sp³-hybridized carbons (Fsp3) is 0.562. The molecule has 21 heavy (non-hydrogen) atoms. The highest BCUT2D eigenvalue weighted by Gasteiger charge is 2.19. The quantitative estimate of drug-likeness (QED) is 0.686. The van der Waals surface area contributed by atoms with Crippen LogP contribution in [0.15, 0.2) is 23.2 Å². The number of rotatable bonds is 3. The molecular weight excluding hydrogens is 272 g/mol. The monoisotopic (exact) mass is 295 g/mol. The molecule has 1 atom stereocenters. The molecule has 1 aromatic carbocycles. The van der Waals surface area contributed by atoms with Crippen molar-refractivity contribution in [2.75, 3.05) is 26.7 Å². The molecule has 0 radical (unpaired) electrons. The average molecular weight is 295 g/mol. The number of hydrogen-bond acceptors (Lipinski definition) is 1. The highest BCUT2D eigenvalue weighted by atomic mass is 19.1. The van der Waals surface area contributed by atoms with Crippen LogP contribution in [0.1, 0.15) is 25.3 Å². The zero-order chi connectivity index (χ0) is 15.2. The second-order valence-corrected chi connectivity index (χ2v) is 5.62. The minimum Gasteiger partial charge on any atom is -0.356 e. The topological polar surface area (TPSA) is 27.6 Å². The average Bonchev–Trinajstić information content (AvgIpc) is 2.46. The molecule has 1 N–H and O–H groups in total. The van der Waals surface area contributed by atoms with Gasteiger partial charge in [0, 0.05) is 32.2 Å². The van der Waals surface area contributed by atoms with Crippen molar-refractivity contribution in [3.63, 3.8) is 0 Å². The van der Waals surface area contributed by atoms with Crippen LogP contribution in [-0.4, -0.2) is 37.5 Å². The summed E-state index contributed by atoms with van der Waals surface area (Å²) < 4.78 is 27.1. The maximum Gasteiger partial charge on any atom is 0.193 e. The normalized spacial score (nSPS) is 19.7. The van der Waals surface area contributed by atoms with Gasteiger partial charge in [0.15, 0.2) is 5.96 Å². The summed E-state index contributed by atoms with van der Waals surface area (Å²) in [5, 5.41) is 3.21. The standard InChI is InChI=1S/C16H23F2N3/c1-12-5-4-10-21(11-12)16(19-2)20-9-8-13-14(17)6-3-7-15(13)18/h3,6-7,12H,4-5,8-11H2,1-2H3,(H,19,20). The Labute approximate surface area is 125 Å². The summed E-state index contributed by atoms with van der Waals surface area (Å²) in [5.41, 5.74) is 0.132. The van der Waals surface area contributed by atoms with E-state index in [9.17, 15) is 8.78 Å². The van der Waals surface area contributed by atoms with Crippen LogP contribution < -0.4 is 5.32 Å². The number of guanidine groups is 1. The molecular formula is C16H23F2N3. The number of halogens is 2. The molecule has 1 heterocycles. The van der Waals surface area contributed by atoms with Crippen LogP contribution in [0.2, 0.25) is 0 Å². The van der Waals surface area contributed by atoms with Gasteiger partial charge >= 0.3 is 0 Å². The van der Waals surface area contributed by atoms with Gasteiger partial charge < -0.3 is 10.2 Å². The predicted octanol–water partition coefficient (Wildman–Crippen LogP) is 2.81. The van der Waals surface area contributed by atoms with Gasteiger partial charge in [-0.15, -0.1) is 0 Å². The van der Waals surface area contributed by atoms with Crippen molar-refractivity contribution in [2.45, 2.75) is 26.2 Å². The molecule has 1 aliphatic heterocycles. The van der Waals surface area contributed by atoms with Gasteiger partial charge in [-0.3, -0.25) is 4.99 Å². The van der Waals surface area contributed by atoms with Crippen LogP contribution in [0.3, 0.4) is 0 Å². The first-order valence-corrected chi connectivity index (χ1v) is 7.50. The summed E-state index contributed by atoms with van der Waals surface area (Å²) in [6.45, 7) is 4.66. The summed E-state index contributed by atoms with van der Waals surface area (Å²) in [5.74, 6) is 0.497. The Balaban J connectivity index is 1.89. The number of piperidine rings is 1. The minimum atomic E-state index is -0.488. The van der Waals surface area contributed by atoms with Gasteiger partial charge in [-0.05, 0) is 37.3 Å². The molecule has 1 saturated heterocycles. The summed E-state index contributed by atoms with van der Waals surface area (Å²) in [4.78, 5) is 6.48. The van der Waals surface area contributed by atoms with Crippen LogP contribution in [-0.2, 0) is 6.42 Å². The largest absolute Gasteiger partial charge is 0.356 e. The van der Waals surface area contributed by atoms with Crippen LogP contribution >= 0.6 is 0 Å². The first kappa shape index (κ1) is 15.7. The zero-order valence-electron chi connectivity index (χ0n) is 12.7. The first-order valence-electron chi connectivity index (χ1n) is 7.50. The predicted molar refractivity (Wildman–Crippen MR) is 81.4 cm³/mol. The molecule has 0 amide bonds. The molecule has 0 spiro atoms. The molecule has 2 rings (SSSR count). The highest BCUT2D eigenvalue weighted by Crippen LogP contribution is 2.15. The molecule has 1 aromatic rings. The van der Waals surface area contributed by atoms with Gasteiger partial charge in [0.25, 0.3) is 0 Å². The maximum absolute atomic E-state index is 13.6. The number of aliphatic imine (C=N–C) groups is 1. The highest BCUT2D eigenvalue weighted by molar-refractivity contribution is 5.80. The second-order valence-electron chi connectivity index (χ2n) is 5.62. The molecule has 3 nitrogen and oxygen atoms in total. The van der Waals surface area contributed by atoms with E-state index in [4.69, 9.17) is 0 Å². The molecule has 116 valence electrons. The van der Waals surface area contributed by atoms with Gasteiger partial charge in [0.1, 0.15) is 11.6 Å². The molecule has 0 saturated carbocycles. The van der Waals surface area contributed by atoms with Gasteiger partial charge in [0.2, 0.25) is 0 Å². The van der Waals surface area contributed by atoms with E-state index >= 15 is 0 Å². The van der Waals surface area contributed by atoms with Crippen molar-refractivity contribution < 1.29 is 8.78 Å². The Bertz CT molecular complexity index is 482. The zero-order valence-corrected chi connectivity index (χ0v) is 12.7. The van der Waals surface area contributed by atoms with E-state index in [1.165, 1.54) is 24.6 Å². The molecule has 5 heteroatoms. The summed E-state index contributed by atoms with van der Waals surface area (Å²) in [6, 6.07) is 3.97. The number of nitrogens with one attached hydrogen (secondary N) is 1. The van der Waals surface area contributed by atoms with Crippen LogP contribution in [0, 0.1) is 17.6 Å². The lowest BCUT2D eigenvalue weighted by Gasteiger charge is -2.33. The number of benzene rings is 1. The van der Waals surface area contributed by atoms with Crippen LogP contribution in [0.4, 0.5) is 8.78 Å². The number of likely N-dealkylation sites (tertiary alicyclic amines) is 1. The van der Waals surface area contributed by atoms with E-state index in [2.05, 4.69) is 22.1 Å². The number of nitrogens with zero attached hydrogens (tertiary/aromatic N) is 2. The first-order chi connectivity index (χ1) is 10.1. The van der Waals surface area contributed by atoms with E-state index in [-0.39, 0.29) is 5.56 Å². The van der Waals surface area contributed by atoms with E-state index in [1.807, 2.05) is 0 Å². The second kappa shape index (κ2) is 7.38. The third-order valence-electron chi connectivity index (χ3n) is 3.89. The van der Waals surface area contributed by atoms with Gasteiger partial charge in [-0.25, -0.2) is 8.78 Å². The lowest BCUT2D eigenvalue weighted by Crippen LogP contribution is -2.46. The molecule has 0 aliphatic carbocycles. The van der Waals surface area contributed by atoms with Gasteiger partial charge in [0.05, 0.1) is 0 Å². The maximum atomic E-state index is 13.6. The lowest BCUT2D eigenvalue weighted by molar-refractivity contribution is 0.266. The Morgan fingerprint density at radius 3 is 2.71 bits per heavy atom. The fourth-order valence-electron chi connectivity index (χ4n) is 2.78. The van der Waals surface area contributed by atoms with Gasteiger partial charge in [-0.1, -0.05) is 13.0 Å². The Morgan fingerprint density at radius 2 is 2.10 bits per heavy atom. The van der Waals surface area contributed by atoms with Crippen LogP contribution in [0.25, 0.3) is 0 Å². The van der Waals surface area contributed by atoms with Crippen molar-refractivity contribution in [2.24, 2.45) is 10.9 Å². The Morgan fingerprint density at radius 1 is 1.38 bits per heavy atom. The lowest BCUT2D eigenvalue weighted by atomic mass is 10.0. The minimum absolute atomic E-state index is 0.132. The van der Waals surface area contributed by atoms with E-state index in [0.29, 0.717) is 18.9 Å². The van der Waals surface area contributed by atoms with E-state index in [0.717, 1.165) is 25.5 Å². The summed E-state index contributed by atoms with van der Waals surface area (Å²) >= 11 is 0. The molecule has 0 aromatic heterocycles. The van der Waals surface area contributed by atoms with E-state index < -0.39 is 11.6 Å². The van der Waals surface area contributed by atoms with Crippen LogP contribution in [0.5, 0.6) is 0 Å². The van der Waals surface area contributed by atoms with Crippen molar-refractivity contribution in [1.29, 1.82) is 0 Å². The van der Waals surface area contributed by atoms with Crippen molar-refractivity contribution in [1.82, 2.24) is 10.2 Å².